The van der Waals surface area contributed by atoms with E-state index in [1.807, 2.05) is 6.08 Å². The standard InChI is InChI=1S/C29H38F6O4/c1-18(36)39-22-16-19(15-21(37)17-22)6-7-20-5-3-10-25(2)23(20)8-9-24(25)26(13-14-26)11-4-12-27(38,28(30,31)32)29(33,34)35/h4,6-7,12,21-24,37-38H,3,5,8-11,13-17H2,1-2H3/b12-4-,19-6-,20-7+/t21?,22-,23?,24?,25+/m1/s1. The van der Waals surface area contributed by atoms with Gasteiger partial charge in [0.25, 0.3) is 5.60 Å². The maximum absolute atomic E-state index is 13.1. The van der Waals surface area contributed by atoms with Gasteiger partial charge in [-0.3, -0.25) is 4.79 Å². The Morgan fingerprint density at radius 1 is 1.05 bits per heavy atom. The van der Waals surface area contributed by atoms with Crippen molar-refractivity contribution >= 4 is 5.97 Å². The number of esters is 1. The molecule has 0 aromatic carbocycles. The number of rotatable bonds is 6. The lowest BCUT2D eigenvalue weighted by atomic mass is 9.59. The van der Waals surface area contributed by atoms with Gasteiger partial charge in [-0.25, -0.2) is 0 Å². The van der Waals surface area contributed by atoms with Crippen molar-refractivity contribution in [1.82, 2.24) is 0 Å². The molecule has 4 nitrogen and oxygen atoms in total. The van der Waals surface area contributed by atoms with Crippen LogP contribution in [0.3, 0.4) is 0 Å². The van der Waals surface area contributed by atoms with Gasteiger partial charge in [-0.2, -0.15) is 26.3 Å². The summed E-state index contributed by atoms with van der Waals surface area (Å²) in [6.45, 7) is 3.56. The number of aliphatic hydroxyl groups is 2. The van der Waals surface area contributed by atoms with Gasteiger partial charge >= 0.3 is 18.3 Å². The van der Waals surface area contributed by atoms with Gasteiger partial charge in [0.2, 0.25) is 0 Å². The normalized spacial score (nSPS) is 35.4. The van der Waals surface area contributed by atoms with Crippen LogP contribution >= 0.6 is 0 Å². The Morgan fingerprint density at radius 3 is 2.31 bits per heavy atom. The third-order valence-corrected chi connectivity index (χ3v) is 9.73. The van der Waals surface area contributed by atoms with Crippen LogP contribution in [-0.2, 0) is 9.53 Å². The Hall–Kier alpha value is -1.81. The van der Waals surface area contributed by atoms with E-state index in [2.05, 4.69) is 13.0 Å². The molecule has 3 unspecified atom stereocenters. The average Bonchev–Trinajstić information content (AvgIpc) is 3.48. The molecule has 5 atom stereocenters. The summed E-state index contributed by atoms with van der Waals surface area (Å²) < 4.78 is 83.9. The summed E-state index contributed by atoms with van der Waals surface area (Å²) in [6.07, 6.45) is -0.0351. The predicted molar refractivity (Wildman–Crippen MR) is 132 cm³/mol. The average molecular weight is 565 g/mol. The summed E-state index contributed by atoms with van der Waals surface area (Å²) in [5.41, 5.74) is -3.00. The number of hydrogen-bond donors (Lipinski definition) is 2. The number of fused-ring (bicyclic) bond motifs is 1. The third kappa shape index (κ3) is 5.97. The molecule has 0 heterocycles. The number of ether oxygens (including phenoxy) is 1. The summed E-state index contributed by atoms with van der Waals surface area (Å²) in [6, 6.07) is 0. The van der Waals surface area contributed by atoms with Crippen molar-refractivity contribution in [1.29, 1.82) is 0 Å². The van der Waals surface area contributed by atoms with E-state index in [1.54, 1.807) is 0 Å². The van der Waals surface area contributed by atoms with Crippen molar-refractivity contribution in [3.63, 3.8) is 0 Å². The summed E-state index contributed by atoms with van der Waals surface area (Å²) in [7, 11) is 0. The number of allylic oxidation sites excluding steroid dienone is 4. The number of alkyl halides is 6. The smallest absolute Gasteiger partial charge is 0.429 e. The van der Waals surface area contributed by atoms with E-state index in [0.717, 1.165) is 56.6 Å². The number of carbonyl (C=O) groups is 1. The molecule has 0 spiro atoms. The topological polar surface area (TPSA) is 66.8 Å². The monoisotopic (exact) mass is 564 g/mol. The fourth-order valence-corrected chi connectivity index (χ4v) is 7.75. The van der Waals surface area contributed by atoms with Gasteiger partial charge in [-0.05, 0) is 86.5 Å². The molecule has 4 rings (SSSR count). The number of carbonyl (C=O) groups excluding carboxylic acids is 1. The SMILES string of the molecule is CC(=O)O[C@@H]1C/C(=C\C=C2/CCC[C@@]3(C)C2CCC3C2(C/C=C\C(O)(C(F)(F)F)C(F)(F)F)CC2)CC(O)C1. The lowest BCUT2D eigenvalue weighted by molar-refractivity contribution is -0.347. The molecule has 0 radical (unpaired) electrons. The van der Waals surface area contributed by atoms with Crippen LogP contribution in [0.2, 0.25) is 0 Å². The minimum atomic E-state index is -5.85. The van der Waals surface area contributed by atoms with Gasteiger partial charge in [-0.15, -0.1) is 0 Å². The Bertz CT molecular complexity index is 1010. The first-order valence-corrected chi connectivity index (χ1v) is 13.8. The van der Waals surface area contributed by atoms with Gasteiger partial charge in [0.1, 0.15) is 6.10 Å². The Kier molecular flexibility index (Phi) is 8.15. The highest BCUT2D eigenvalue weighted by Crippen LogP contribution is 2.70. The van der Waals surface area contributed by atoms with Crippen LogP contribution in [-0.4, -0.2) is 46.3 Å². The van der Waals surface area contributed by atoms with Crippen LogP contribution in [0.1, 0.15) is 84.5 Å². The number of hydrogen-bond acceptors (Lipinski definition) is 4. The highest BCUT2D eigenvalue weighted by molar-refractivity contribution is 5.66. The summed E-state index contributed by atoms with van der Waals surface area (Å²) in [5.74, 6) is 0.0672. The van der Waals surface area contributed by atoms with Gasteiger partial charge in [0, 0.05) is 19.8 Å². The highest BCUT2D eigenvalue weighted by atomic mass is 19.4. The first-order chi connectivity index (χ1) is 18.0. The highest BCUT2D eigenvalue weighted by Gasteiger charge is 2.69. The van der Waals surface area contributed by atoms with Crippen LogP contribution in [0.5, 0.6) is 0 Å². The van der Waals surface area contributed by atoms with E-state index < -0.39 is 24.1 Å². The molecular formula is C29H38F6O4. The molecule has 4 fully saturated rings. The second kappa shape index (κ2) is 10.5. The van der Waals surface area contributed by atoms with E-state index in [0.29, 0.717) is 19.3 Å². The Labute approximate surface area is 225 Å². The largest absolute Gasteiger partial charge is 0.462 e. The zero-order valence-electron chi connectivity index (χ0n) is 22.4. The van der Waals surface area contributed by atoms with Gasteiger partial charge < -0.3 is 14.9 Å². The predicted octanol–water partition coefficient (Wildman–Crippen LogP) is 7.11. The molecule has 0 bridgehead atoms. The molecule has 2 N–H and O–H groups in total. The molecule has 4 saturated carbocycles. The second-order valence-corrected chi connectivity index (χ2v) is 12.4. The van der Waals surface area contributed by atoms with E-state index in [-0.39, 0.29) is 47.2 Å². The van der Waals surface area contributed by atoms with Gasteiger partial charge in [-0.1, -0.05) is 36.3 Å². The van der Waals surface area contributed by atoms with E-state index in [1.165, 1.54) is 12.5 Å². The van der Waals surface area contributed by atoms with E-state index in [4.69, 9.17) is 4.74 Å². The number of aliphatic hydroxyl groups excluding tert-OH is 1. The van der Waals surface area contributed by atoms with Crippen molar-refractivity contribution < 1.29 is 46.1 Å². The Balaban J connectivity index is 1.49. The lowest BCUT2D eigenvalue weighted by Crippen LogP contribution is -2.55. The first-order valence-electron chi connectivity index (χ1n) is 13.8. The van der Waals surface area contributed by atoms with Crippen molar-refractivity contribution in [2.75, 3.05) is 0 Å². The Morgan fingerprint density at radius 2 is 1.72 bits per heavy atom. The van der Waals surface area contributed by atoms with Crippen LogP contribution in [0.15, 0.2) is 35.5 Å². The van der Waals surface area contributed by atoms with Crippen LogP contribution in [0.25, 0.3) is 0 Å². The molecule has 0 amide bonds. The molecule has 0 aromatic rings. The van der Waals surface area contributed by atoms with Crippen molar-refractivity contribution in [3.05, 3.63) is 35.5 Å². The van der Waals surface area contributed by atoms with Gasteiger partial charge in [0.15, 0.2) is 0 Å². The zero-order valence-corrected chi connectivity index (χ0v) is 22.4. The fraction of sp³-hybridized carbons (Fsp3) is 0.759. The van der Waals surface area contributed by atoms with Crippen LogP contribution < -0.4 is 0 Å². The molecule has 39 heavy (non-hydrogen) atoms. The molecule has 220 valence electrons. The maximum Gasteiger partial charge on any atom is 0.429 e. The summed E-state index contributed by atoms with van der Waals surface area (Å²) >= 11 is 0. The van der Waals surface area contributed by atoms with Gasteiger partial charge in [0.05, 0.1) is 6.10 Å². The summed E-state index contributed by atoms with van der Waals surface area (Å²) in [4.78, 5) is 11.4. The molecule has 0 saturated heterocycles. The van der Waals surface area contributed by atoms with Crippen molar-refractivity contribution in [2.45, 2.75) is 115 Å². The third-order valence-electron chi connectivity index (χ3n) is 9.73. The molecular weight excluding hydrogens is 526 g/mol. The number of halogens is 6. The molecule has 10 heteroatoms. The lowest BCUT2D eigenvalue weighted by Gasteiger charge is -2.45. The first kappa shape index (κ1) is 30.2. The van der Waals surface area contributed by atoms with Crippen molar-refractivity contribution in [3.8, 4) is 0 Å². The summed E-state index contributed by atoms with van der Waals surface area (Å²) in [5, 5.41) is 19.7. The minimum absolute atomic E-state index is 0.0764. The minimum Gasteiger partial charge on any atom is -0.462 e. The molecule has 0 aliphatic heterocycles. The van der Waals surface area contributed by atoms with Crippen LogP contribution in [0.4, 0.5) is 26.3 Å². The molecule has 0 aromatic heterocycles. The second-order valence-electron chi connectivity index (χ2n) is 12.4. The quantitative estimate of drug-likeness (QED) is 0.205. The van der Waals surface area contributed by atoms with Crippen LogP contribution in [0, 0.1) is 22.7 Å². The fourth-order valence-electron chi connectivity index (χ4n) is 7.75. The van der Waals surface area contributed by atoms with E-state index in [9.17, 15) is 41.4 Å². The van der Waals surface area contributed by atoms with E-state index >= 15 is 0 Å². The molecule has 4 aliphatic rings. The zero-order chi connectivity index (χ0) is 28.9. The van der Waals surface area contributed by atoms with Crippen molar-refractivity contribution in [2.24, 2.45) is 22.7 Å². The molecule has 4 aliphatic carbocycles. The maximum atomic E-state index is 13.1.